The Kier molecular flexibility index (Phi) is 3.87. The summed E-state index contributed by atoms with van der Waals surface area (Å²) in [5, 5.41) is 0.905. The zero-order valence-corrected chi connectivity index (χ0v) is 10.5. The highest BCUT2D eigenvalue weighted by Crippen LogP contribution is 2.26. The number of benzene rings is 1. The van der Waals surface area contributed by atoms with Crippen molar-refractivity contribution in [2.24, 2.45) is 5.73 Å². The maximum atomic E-state index is 11.1. The molecule has 0 bridgehead atoms. The van der Waals surface area contributed by atoms with E-state index in [1.165, 1.54) is 6.42 Å². The first-order valence-electron chi connectivity index (χ1n) is 6.26. The van der Waals surface area contributed by atoms with Crippen LogP contribution >= 0.6 is 0 Å². The van der Waals surface area contributed by atoms with E-state index in [2.05, 4.69) is 11.9 Å². The summed E-state index contributed by atoms with van der Waals surface area (Å²) in [4.78, 5) is 14.1. The number of H-pyrrole nitrogens is 1. The Balaban J connectivity index is 2.19. The maximum absolute atomic E-state index is 11.1. The number of unbranched alkanes of at least 4 members (excludes halogenated alkanes) is 2. The van der Waals surface area contributed by atoms with Crippen LogP contribution in [0.1, 0.15) is 36.7 Å². The summed E-state index contributed by atoms with van der Waals surface area (Å²) in [5.74, 6) is 0.343. The standard InChI is InChI=1S/C14H18N2O2/c1-2-3-4-8-18-13-7-5-6-11-10(13)9-12(16-11)14(15)17/h5-7,9,16H,2-4,8H2,1H3,(H2,15,17). The molecule has 2 rings (SSSR count). The van der Waals surface area contributed by atoms with Gasteiger partial charge in [-0.05, 0) is 24.6 Å². The summed E-state index contributed by atoms with van der Waals surface area (Å²) >= 11 is 0. The van der Waals surface area contributed by atoms with Crippen molar-refractivity contribution in [2.45, 2.75) is 26.2 Å². The van der Waals surface area contributed by atoms with Gasteiger partial charge < -0.3 is 15.5 Å². The first-order valence-corrected chi connectivity index (χ1v) is 6.26. The Morgan fingerprint density at radius 2 is 2.22 bits per heavy atom. The summed E-state index contributed by atoms with van der Waals surface area (Å²) in [7, 11) is 0. The van der Waals surface area contributed by atoms with Crippen LogP contribution in [0, 0.1) is 0 Å². The quantitative estimate of drug-likeness (QED) is 0.769. The van der Waals surface area contributed by atoms with Gasteiger partial charge in [0.15, 0.2) is 0 Å². The minimum absolute atomic E-state index is 0.412. The van der Waals surface area contributed by atoms with Crippen molar-refractivity contribution in [2.75, 3.05) is 6.61 Å². The second kappa shape index (κ2) is 5.58. The molecular weight excluding hydrogens is 228 g/mol. The highest BCUT2D eigenvalue weighted by Gasteiger charge is 2.09. The zero-order valence-electron chi connectivity index (χ0n) is 10.5. The first kappa shape index (κ1) is 12.5. The van der Waals surface area contributed by atoms with Crippen LogP contribution < -0.4 is 10.5 Å². The Morgan fingerprint density at radius 1 is 1.39 bits per heavy atom. The van der Waals surface area contributed by atoms with E-state index < -0.39 is 5.91 Å². The van der Waals surface area contributed by atoms with Gasteiger partial charge in [0.2, 0.25) is 0 Å². The number of nitrogens with one attached hydrogen (secondary N) is 1. The van der Waals surface area contributed by atoms with Crippen LogP contribution in [0.2, 0.25) is 0 Å². The van der Waals surface area contributed by atoms with E-state index >= 15 is 0 Å². The molecule has 0 saturated heterocycles. The third-order valence-corrected chi connectivity index (χ3v) is 2.90. The number of fused-ring (bicyclic) bond motifs is 1. The third-order valence-electron chi connectivity index (χ3n) is 2.90. The van der Waals surface area contributed by atoms with E-state index in [1.54, 1.807) is 6.07 Å². The average Bonchev–Trinajstić information content (AvgIpc) is 2.79. The van der Waals surface area contributed by atoms with Crippen LogP contribution in [-0.4, -0.2) is 17.5 Å². The molecule has 0 aliphatic rings. The van der Waals surface area contributed by atoms with E-state index in [-0.39, 0.29) is 0 Å². The molecule has 1 aromatic heterocycles. The smallest absolute Gasteiger partial charge is 0.265 e. The van der Waals surface area contributed by atoms with E-state index in [0.29, 0.717) is 12.3 Å². The van der Waals surface area contributed by atoms with E-state index in [4.69, 9.17) is 10.5 Å². The maximum Gasteiger partial charge on any atom is 0.265 e. The molecular formula is C14H18N2O2. The van der Waals surface area contributed by atoms with Crippen LogP contribution in [0.5, 0.6) is 5.75 Å². The molecule has 0 saturated carbocycles. The number of carbonyl (C=O) groups excluding carboxylic acids is 1. The fraction of sp³-hybridized carbons (Fsp3) is 0.357. The monoisotopic (exact) mass is 246 g/mol. The lowest BCUT2D eigenvalue weighted by Gasteiger charge is -2.06. The molecule has 0 atom stereocenters. The van der Waals surface area contributed by atoms with Gasteiger partial charge in [-0.1, -0.05) is 25.8 Å². The number of aromatic nitrogens is 1. The van der Waals surface area contributed by atoms with Gasteiger partial charge in [-0.25, -0.2) is 0 Å². The second-order valence-corrected chi connectivity index (χ2v) is 4.32. The molecule has 0 aliphatic heterocycles. The predicted octanol–water partition coefficient (Wildman–Crippen LogP) is 2.84. The average molecular weight is 246 g/mol. The normalized spacial score (nSPS) is 10.7. The molecule has 4 nitrogen and oxygen atoms in total. The minimum atomic E-state index is -0.455. The SMILES string of the molecule is CCCCCOc1cccc2[nH]c(C(N)=O)cc12. The van der Waals surface area contributed by atoms with Crippen molar-refractivity contribution in [3.8, 4) is 5.75 Å². The van der Waals surface area contributed by atoms with Gasteiger partial charge in [0.05, 0.1) is 6.61 Å². The van der Waals surface area contributed by atoms with Gasteiger partial charge in [0.1, 0.15) is 11.4 Å². The molecule has 1 amide bonds. The second-order valence-electron chi connectivity index (χ2n) is 4.32. The van der Waals surface area contributed by atoms with Crippen LogP contribution in [0.4, 0.5) is 0 Å². The topological polar surface area (TPSA) is 68.1 Å². The highest BCUT2D eigenvalue weighted by atomic mass is 16.5. The van der Waals surface area contributed by atoms with Crippen molar-refractivity contribution >= 4 is 16.8 Å². The predicted molar refractivity (Wildman–Crippen MR) is 71.8 cm³/mol. The van der Waals surface area contributed by atoms with Crippen LogP contribution in [0.25, 0.3) is 10.9 Å². The zero-order chi connectivity index (χ0) is 13.0. The fourth-order valence-corrected chi connectivity index (χ4v) is 1.92. The summed E-state index contributed by atoms with van der Waals surface area (Å²) < 4.78 is 5.74. The molecule has 1 heterocycles. The Bertz CT molecular complexity index is 546. The molecule has 0 radical (unpaired) electrons. The molecule has 0 spiro atoms. The van der Waals surface area contributed by atoms with Crippen molar-refractivity contribution < 1.29 is 9.53 Å². The van der Waals surface area contributed by atoms with Gasteiger partial charge in [-0.15, -0.1) is 0 Å². The molecule has 2 aromatic rings. The molecule has 1 aromatic carbocycles. The van der Waals surface area contributed by atoms with E-state index in [9.17, 15) is 4.79 Å². The number of ether oxygens (including phenoxy) is 1. The Morgan fingerprint density at radius 3 is 2.94 bits per heavy atom. The summed E-state index contributed by atoms with van der Waals surface area (Å²) in [6.45, 7) is 2.86. The summed E-state index contributed by atoms with van der Waals surface area (Å²) in [5.41, 5.74) is 6.54. The number of rotatable bonds is 6. The van der Waals surface area contributed by atoms with E-state index in [0.717, 1.165) is 29.5 Å². The van der Waals surface area contributed by atoms with Gasteiger partial charge in [-0.2, -0.15) is 0 Å². The molecule has 4 heteroatoms. The lowest BCUT2D eigenvalue weighted by Crippen LogP contribution is -2.10. The number of aromatic amines is 1. The minimum Gasteiger partial charge on any atom is -0.493 e. The molecule has 0 fully saturated rings. The fourth-order valence-electron chi connectivity index (χ4n) is 1.92. The molecule has 0 unspecified atom stereocenters. The number of nitrogens with two attached hydrogens (primary N) is 1. The Hall–Kier alpha value is -1.97. The Labute approximate surface area is 106 Å². The lowest BCUT2D eigenvalue weighted by molar-refractivity contribution is 0.0996. The van der Waals surface area contributed by atoms with Gasteiger partial charge in [-0.3, -0.25) is 4.79 Å². The van der Waals surface area contributed by atoms with Crippen LogP contribution in [0.3, 0.4) is 0 Å². The summed E-state index contributed by atoms with van der Waals surface area (Å²) in [6, 6.07) is 7.46. The van der Waals surface area contributed by atoms with Crippen molar-refractivity contribution in [3.63, 3.8) is 0 Å². The molecule has 96 valence electrons. The van der Waals surface area contributed by atoms with Gasteiger partial charge in [0, 0.05) is 10.9 Å². The first-order chi connectivity index (χ1) is 8.72. The van der Waals surface area contributed by atoms with Crippen molar-refractivity contribution in [1.82, 2.24) is 4.98 Å². The molecule has 0 aliphatic carbocycles. The molecule has 18 heavy (non-hydrogen) atoms. The number of hydrogen-bond donors (Lipinski definition) is 2. The van der Waals surface area contributed by atoms with Crippen LogP contribution in [-0.2, 0) is 0 Å². The van der Waals surface area contributed by atoms with E-state index in [1.807, 2.05) is 18.2 Å². The highest BCUT2D eigenvalue weighted by molar-refractivity contribution is 5.98. The van der Waals surface area contributed by atoms with Gasteiger partial charge >= 0.3 is 0 Å². The number of primary amides is 1. The summed E-state index contributed by atoms with van der Waals surface area (Å²) in [6.07, 6.45) is 3.37. The number of hydrogen-bond acceptors (Lipinski definition) is 2. The molecule has 3 N–H and O–H groups in total. The van der Waals surface area contributed by atoms with Crippen LogP contribution in [0.15, 0.2) is 24.3 Å². The van der Waals surface area contributed by atoms with Crippen molar-refractivity contribution in [3.05, 3.63) is 30.0 Å². The number of carbonyl (C=O) groups is 1. The third kappa shape index (κ3) is 2.64. The largest absolute Gasteiger partial charge is 0.493 e. The van der Waals surface area contributed by atoms with Gasteiger partial charge in [0.25, 0.3) is 5.91 Å². The van der Waals surface area contributed by atoms with Crippen molar-refractivity contribution in [1.29, 1.82) is 0 Å². The number of amides is 1. The lowest BCUT2D eigenvalue weighted by atomic mass is 10.2.